The van der Waals surface area contributed by atoms with Crippen molar-refractivity contribution in [1.29, 1.82) is 0 Å². The maximum atomic E-state index is 6.46. The first-order valence-electron chi connectivity index (χ1n) is 7.00. The zero-order chi connectivity index (χ0) is 14.2. The lowest BCUT2D eigenvalue weighted by atomic mass is 9.94. The molecule has 0 fully saturated rings. The minimum Gasteiger partial charge on any atom is -0.0836 e. The summed E-state index contributed by atoms with van der Waals surface area (Å²) in [5.41, 5.74) is 2.42. The second-order valence-electron chi connectivity index (χ2n) is 5.17. The van der Waals surface area contributed by atoms with Crippen molar-refractivity contribution < 1.29 is 0 Å². The summed E-state index contributed by atoms with van der Waals surface area (Å²) in [6.07, 6.45) is 0. The molecule has 0 saturated heterocycles. The van der Waals surface area contributed by atoms with Crippen LogP contribution in [0.5, 0.6) is 0 Å². The molecule has 0 spiro atoms. The molecular weight excluding hydrogens is 276 g/mol. The molecule has 0 radical (unpaired) electrons. The molecule has 0 unspecified atom stereocenters. The van der Waals surface area contributed by atoms with E-state index in [1.54, 1.807) is 0 Å². The molecule has 0 nitrogen and oxygen atoms in total. The van der Waals surface area contributed by atoms with Crippen molar-refractivity contribution in [3.63, 3.8) is 0 Å². The molecule has 0 N–H and O–H groups in total. The highest BCUT2D eigenvalue weighted by Gasteiger charge is 2.09. The molecule has 0 aliphatic heterocycles. The lowest BCUT2D eigenvalue weighted by molar-refractivity contribution is 1.68. The van der Waals surface area contributed by atoms with E-state index in [4.69, 9.17) is 11.6 Å². The predicted molar refractivity (Wildman–Crippen MR) is 91.9 cm³/mol. The fourth-order valence-electron chi connectivity index (χ4n) is 2.98. The summed E-state index contributed by atoms with van der Waals surface area (Å²) in [5.74, 6) is 0. The van der Waals surface area contributed by atoms with E-state index >= 15 is 0 Å². The summed E-state index contributed by atoms with van der Waals surface area (Å²) in [4.78, 5) is 0. The van der Waals surface area contributed by atoms with Crippen molar-refractivity contribution >= 4 is 33.1 Å². The van der Waals surface area contributed by atoms with Crippen LogP contribution in [-0.4, -0.2) is 0 Å². The van der Waals surface area contributed by atoms with E-state index in [0.29, 0.717) is 0 Å². The summed E-state index contributed by atoms with van der Waals surface area (Å²) < 4.78 is 0. The highest BCUT2D eigenvalue weighted by molar-refractivity contribution is 6.36. The van der Waals surface area contributed by atoms with Gasteiger partial charge in [-0.05, 0) is 33.4 Å². The van der Waals surface area contributed by atoms with Crippen LogP contribution in [0.15, 0.2) is 78.9 Å². The SMILES string of the molecule is Clc1cccc2cccc(-c3cccc4ccccc34)c12. The average molecular weight is 289 g/mol. The van der Waals surface area contributed by atoms with Gasteiger partial charge in [0.15, 0.2) is 0 Å². The monoisotopic (exact) mass is 288 g/mol. The van der Waals surface area contributed by atoms with Gasteiger partial charge in [-0.1, -0.05) is 84.4 Å². The van der Waals surface area contributed by atoms with Gasteiger partial charge in [-0.25, -0.2) is 0 Å². The molecule has 4 aromatic rings. The van der Waals surface area contributed by atoms with Crippen LogP contribution in [0.25, 0.3) is 32.7 Å². The third-order valence-electron chi connectivity index (χ3n) is 3.93. The molecule has 0 aliphatic rings. The van der Waals surface area contributed by atoms with E-state index < -0.39 is 0 Å². The first kappa shape index (κ1) is 12.4. The van der Waals surface area contributed by atoms with Crippen LogP contribution in [0.3, 0.4) is 0 Å². The van der Waals surface area contributed by atoms with Gasteiger partial charge in [0.05, 0.1) is 0 Å². The summed E-state index contributed by atoms with van der Waals surface area (Å²) >= 11 is 6.46. The van der Waals surface area contributed by atoms with Crippen LogP contribution in [0.4, 0.5) is 0 Å². The second-order valence-corrected chi connectivity index (χ2v) is 5.58. The number of rotatable bonds is 1. The van der Waals surface area contributed by atoms with Crippen molar-refractivity contribution in [1.82, 2.24) is 0 Å². The van der Waals surface area contributed by atoms with E-state index in [2.05, 4.69) is 66.7 Å². The average Bonchev–Trinajstić information content (AvgIpc) is 2.54. The van der Waals surface area contributed by atoms with E-state index in [1.165, 1.54) is 27.3 Å². The lowest BCUT2D eigenvalue weighted by Gasteiger charge is -2.11. The molecule has 1 heteroatoms. The Labute approximate surface area is 128 Å². The Morgan fingerprint density at radius 3 is 2.00 bits per heavy atom. The number of fused-ring (bicyclic) bond motifs is 2. The number of benzene rings is 4. The Kier molecular flexibility index (Phi) is 2.90. The molecule has 0 heterocycles. The van der Waals surface area contributed by atoms with E-state index in [-0.39, 0.29) is 0 Å². The van der Waals surface area contributed by atoms with Gasteiger partial charge in [-0.15, -0.1) is 0 Å². The van der Waals surface area contributed by atoms with Crippen molar-refractivity contribution in [2.45, 2.75) is 0 Å². The van der Waals surface area contributed by atoms with Crippen LogP contribution in [-0.2, 0) is 0 Å². The van der Waals surface area contributed by atoms with E-state index in [1.807, 2.05) is 12.1 Å². The molecule has 0 aromatic heterocycles. The fraction of sp³-hybridized carbons (Fsp3) is 0. The molecule has 0 atom stereocenters. The second kappa shape index (κ2) is 4.91. The lowest BCUT2D eigenvalue weighted by Crippen LogP contribution is -1.84. The highest BCUT2D eigenvalue weighted by atomic mass is 35.5. The standard InChI is InChI=1S/C20H13Cl/c21-19-13-5-9-15-8-4-12-18(20(15)19)17-11-3-7-14-6-1-2-10-16(14)17/h1-13H. The van der Waals surface area contributed by atoms with Gasteiger partial charge >= 0.3 is 0 Å². The third-order valence-corrected chi connectivity index (χ3v) is 4.25. The summed E-state index contributed by atoms with van der Waals surface area (Å²) in [5, 5.41) is 5.61. The Balaban J connectivity index is 2.15. The normalized spacial score (nSPS) is 11.1. The van der Waals surface area contributed by atoms with E-state index in [0.717, 1.165) is 10.4 Å². The number of hydrogen-bond acceptors (Lipinski definition) is 0. The fourth-order valence-corrected chi connectivity index (χ4v) is 3.26. The first-order valence-corrected chi connectivity index (χ1v) is 7.38. The van der Waals surface area contributed by atoms with Crippen LogP contribution < -0.4 is 0 Å². The zero-order valence-corrected chi connectivity index (χ0v) is 12.1. The van der Waals surface area contributed by atoms with Gasteiger partial charge in [0.25, 0.3) is 0 Å². The maximum absolute atomic E-state index is 6.46. The summed E-state index contributed by atoms with van der Waals surface area (Å²) in [6, 6.07) is 27.3. The highest BCUT2D eigenvalue weighted by Crippen LogP contribution is 2.36. The molecule has 0 aliphatic carbocycles. The van der Waals surface area contributed by atoms with Crippen LogP contribution >= 0.6 is 11.6 Å². The van der Waals surface area contributed by atoms with Crippen molar-refractivity contribution in [2.75, 3.05) is 0 Å². The Morgan fingerprint density at radius 2 is 1.14 bits per heavy atom. The largest absolute Gasteiger partial charge is 0.0836 e. The maximum Gasteiger partial charge on any atom is 0.0490 e. The molecule has 0 bridgehead atoms. The van der Waals surface area contributed by atoms with Crippen molar-refractivity contribution in [3.8, 4) is 11.1 Å². The van der Waals surface area contributed by atoms with Gasteiger partial charge in [-0.3, -0.25) is 0 Å². The third kappa shape index (κ3) is 2.00. The van der Waals surface area contributed by atoms with Gasteiger partial charge in [-0.2, -0.15) is 0 Å². The Hall–Kier alpha value is -2.31. The van der Waals surface area contributed by atoms with Crippen LogP contribution in [0.1, 0.15) is 0 Å². The first-order chi connectivity index (χ1) is 10.3. The van der Waals surface area contributed by atoms with Crippen molar-refractivity contribution in [3.05, 3.63) is 83.9 Å². The molecule has 0 amide bonds. The Morgan fingerprint density at radius 1 is 0.524 bits per heavy atom. The predicted octanol–water partition coefficient (Wildman–Crippen LogP) is 6.31. The van der Waals surface area contributed by atoms with Gasteiger partial charge in [0.2, 0.25) is 0 Å². The van der Waals surface area contributed by atoms with Gasteiger partial charge in [0.1, 0.15) is 0 Å². The summed E-state index contributed by atoms with van der Waals surface area (Å²) in [6.45, 7) is 0. The van der Waals surface area contributed by atoms with E-state index in [9.17, 15) is 0 Å². The minimum absolute atomic E-state index is 0.802. The molecule has 21 heavy (non-hydrogen) atoms. The number of hydrogen-bond donors (Lipinski definition) is 0. The van der Waals surface area contributed by atoms with Crippen LogP contribution in [0, 0.1) is 0 Å². The van der Waals surface area contributed by atoms with Gasteiger partial charge < -0.3 is 0 Å². The molecule has 100 valence electrons. The Bertz CT molecular complexity index is 943. The van der Waals surface area contributed by atoms with Crippen LogP contribution in [0.2, 0.25) is 5.02 Å². The molecular formula is C20H13Cl. The minimum atomic E-state index is 0.802. The zero-order valence-electron chi connectivity index (χ0n) is 11.4. The smallest absolute Gasteiger partial charge is 0.0490 e. The number of halogens is 1. The quantitative estimate of drug-likeness (QED) is 0.385. The van der Waals surface area contributed by atoms with Gasteiger partial charge in [0, 0.05) is 10.4 Å². The molecule has 4 rings (SSSR count). The van der Waals surface area contributed by atoms with Crippen molar-refractivity contribution in [2.24, 2.45) is 0 Å². The summed E-state index contributed by atoms with van der Waals surface area (Å²) in [7, 11) is 0. The molecule has 4 aromatic carbocycles. The molecule has 0 saturated carbocycles. The topological polar surface area (TPSA) is 0 Å².